The van der Waals surface area contributed by atoms with E-state index in [9.17, 15) is 13.6 Å². The highest BCUT2D eigenvalue weighted by Gasteiger charge is 2.39. The molecule has 1 fully saturated rings. The second-order valence-electron chi connectivity index (χ2n) is 5.46. The zero-order valence-corrected chi connectivity index (χ0v) is 16.1. The summed E-state index contributed by atoms with van der Waals surface area (Å²) < 4.78 is 26.6. The van der Waals surface area contributed by atoms with Gasteiger partial charge in [0.25, 0.3) is 5.91 Å². The fourth-order valence-electron chi connectivity index (χ4n) is 2.62. The molecule has 1 aliphatic carbocycles. The average Bonchev–Trinajstić information content (AvgIpc) is 2.70. The molecule has 6 nitrogen and oxygen atoms in total. The molecule has 1 aromatic heterocycles. The summed E-state index contributed by atoms with van der Waals surface area (Å²) >= 11 is 0. The van der Waals surface area contributed by atoms with E-state index >= 15 is 0 Å². The van der Waals surface area contributed by atoms with Gasteiger partial charge in [0.2, 0.25) is 5.95 Å². The van der Waals surface area contributed by atoms with Crippen LogP contribution >= 0.6 is 0 Å². The largest absolute Gasteiger partial charge is 0.345 e. The standard InChI is InChI=1S/C15H15F2N5O.2C2H6/c16-11-3-2-10(6-12(11)17)15(4-1-5-15)21-14-19-7-9(8-20-14)13(23)22-18;2*1-2/h2-3,6-8H,1,4-5,18H2,(H,22,23)(H,19,20,21);2*1-2H3. The average molecular weight is 379 g/mol. The maximum Gasteiger partial charge on any atom is 0.268 e. The zero-order valence-electron chi connectivity index (χ0n) is 16.1. The Balaban J connectivity index is 0.000000855. The van der Waals surface area contributed by atoms with Crippen LogP contribution in [0.25, 0.3) is 0 Å². The maximum absolute atomic E-state index is 13.5. The summed E-state index contributed by atoms with van der Waals surface area (Å²) in [5.74, 6) is 3.10. The molecule has 27 heavy (non-hydrogen) atoms. The highest BCUT2D eigenvalue weighted by molar-refractivity contribution is 5.93. The van der Waals surface area contributed by atoms with Crippen molar-refractivity contribution in [3.05, 3.63) is 53.4 Å². The van der Waals surface area contributed by atoms with Gasteiger partial charge in [-0.05, 0) is 37.0 Å². The number of carbonyl (C=O) groups is 1. The van der Waals surface area contributed by atoms with Crippen LogP contribution in [0.15, 0.2) is 30.6 Å². The van der Waals surface area contributed by atoms with E-state index < -0.39 is 23.1 Å². The van der Waals surface area contributed by atoms with E-state index in [0.717, 1.165) is 25.3 Å². The van der Waals surface area contributed by atoms with Crippen molar-refractivity contribution in [2.45, 2.75) is 52.5 Å². The van der Waals surface area contributed by atoms with Gasteiger partial charge in [-0.25, -0.2) is 24.6 Å². The molecule has 1 amide bonds. The van der Waals surface area contributed by atoms with E-state index in [1.54, 1.807) is 6.07 Å². The fourth-order valence-corrected chi connectivity index (χ4v) is 2.62. The molecule has 4 N–H and O–H groups in total. The third-order valence-corrected chi connectivity index (χ3v) is 4.08. The van der Waals surface area contributed by atoms with Crippen molar-refractivity contribution < 1.29 is 13.6 Å². The minimum Gasteiger partial charge on any atom is -0.345 e. The fraction of sp³-hybridized carbons (Fsp3) is 0.421. The first kappa shape index (κ1) is 22.4. The number of nitrogens with one attached hydrogen (secondary N) is 2. The molecule has 148 valence electrons. The molecule has 0 bridgehead atoms. The Hall–Kier alpha value is -2.61. The van der Waals surface area contributed by atoms with Crippen LogP contribution in [0, 0.1) is 11.6 Å². The molecule has 0 atom stereocenters. The molecule has 0 unspecified atom stereocenters. The third-order valence-electron chi connectivity index (χ3n) is 4.08. The number of hydrazine groups is 1. The van der Waals surface area contributed by atoms with Crippen LogP contribution in [0.2, 0.25) is 0 Å². The van der Waals surface area contributed by atoms with Gasteiger partial charge in [0, 0.05) is 12.4 Å². The number of carbonyl (C=O) groups excluding carboxylic acids is 1. The zero-order chi connectivity index (χ0) is 20.4. The van der Waals surface area contributed by atoms with Crippen molar-refractivity contribution in [1.29, 1.82) is 0 Å². The van der Waals surface area contributed by atoms with E-state index in [1.807, 2.05) is 33.1 Å². The molecule has 1 heterocycles. The predicted octanol–water partition coefficient (Wildman–Crippen LogP) is 3.90. The minimum absolute atomic E-state index is 0.230. The number of amides is 1. The van der Waals surface area contributed by atoms with Crippen LogP contribution in [0.3, 0.4) is 0 Å². The van der Waals surface area contributed by atoms with Crippen molar-refractivity contribution in [2.24, 2.45) is 5.84 Å². The van der Waals surface area contributed by atoms with Gasteiger partial charge in [0.15, 0.2) is 11.6 Å². The van der Waals surface area contributed by atoms with E-state index in [4.69, 9.17) is 5.84 Å². The number of halogens is 2. The van der Waals surface area contributed by atoms with Crippen LogP contribution < -0.4 is 16.6 Å². The van der Waals surface area contributed by atoms with Crippen molar-refractivity contribution in [3.63, 3.8) is 0 Å². The summed E-state index contributed by atoms with van der Waals surface area (Å²) in [4.78, 5) is 19.5. The highest BCUT2D eigenvalue weighted by Crippen LogP contribution is 2.43. The van der Waals surface area contributed by atoms with Gasteiger partial charge in [-0.1, -0.05) is 33.8 Å². The Morgan fingerprint density at radius 1 is 1.07 bits per heavy atom. The number of anilines is 1. The van der Waals surface area contributed by atoms with E-state index in [-0.39, 0.29) is 5.56 Å². The van der Waals surface area contributed by atoms with Crippen LogP contribution in [-0.2, 0) is 5.54 Å². The quantitative estimate of drug-likeness (QED) is 0.426. The lowest BCUT2D eigenvalue weighted by atomic mass is 9.72. The molecule has 2 aromatic rings. The van der Waals surface area contributed by atoms with Gasteiger partial charge in [0.1, 0.15) is 0 Å². The Bertz CT molecular complexity index is 733. The first-order valence-corrected chi connectivity index (χ1v) is 9.11. The number of nitrogens with zero attached hydrogens (tertiary/aromatic N) is 2. The first-order valence-electron chi connectivity index (χ1n) is 9.11. The van der Waals surface area contributed by atoms with E-state index in [0.29, 0.717) is 11.5 Å². The molecular weight excluding hydrogens is 352 g/mol. The van der Waals surface area contributed by atoms with Crippen molar-refractivity contribution >= 4 is 11.9 Å². The number of nitrogen functional groups attached to an aromatic ring is 1. The molecule has 0 spiro atoms. The molecular formula is C19H27F2N5O. The highest BCUT2D eigenvalue weighted by atomic mass is 19.2. The SMILES string of the molecule is CC.CC.NNC(=O)c1cnc(NC2(c3ccc(F)c(F)c3)CCC2)nc1. The number of hydrogen-bond donors (Lipinski definition) is 3. The van der Waals surface area contributed by atoms with Crippen LogP contribution in [-0.4, -0.2) is 15.9 Å². The molecule has 0 aliphatic heterocycles. The van der Waals surface area contributed by atoms with Crippen LogP contribution in [0.4, 0.5) is 14.7 Å². The molecule has 1 saturated carbocycles. The van der Waals surface area contributed by atoms with Crippen molar-refractivity contribution in [3.8, 4) is 0 Å². The third kappa shape index (κ3) is 5.19. The summed E-state index contributed by atoms with van der Waals surface area (Å²) in [7, 11) is 0. The van der Waals surface area contributed by atoms with Crippen LogP contribution in [0.5, 0.6) is 0 Å². The Labute approximate surface area is 158 Å². The lowest BCUT2D eigenvalue weighted by molar-refractivity contribution is 0.0953. The summed E-state index contributed by atoms with van der Waals surface area (Å²) in [5.41, 5.74) is 2.35. The Morgan fingerprint density at radius 2 is 1.67 bits per heavy atom. The van der Waals surface area contributed by atoms with E-state index in [2.05, 4.69) is 15.3 Å². The van der Waals surface area contributed by atoms with E-state index in [1.165, 1.54) is 18.5 Å². The summed E-state index contributed by atoms with van der Waals surface area (Å²) in [6.07, 6.45) is 5.16. The lowest BCUT2D eigenvalue weighted by Crippen LogP contribution is -2.42. The predicted molar refractivity (Wildman–Crippen MR) is 102 cm³/mol. The molecule has 1 aromatic carbocycles. The van der Waals surface area contributed by atoms with Gasteiger partial charge in [-0.3, -0.25) is 10.2 Å². The second-order valence-corrected chi connectivity index (χ2v) is 5.46. The molecule has 0 radical (unpaired) electrons. The van der Waals surface area contributed by atoms with Gasteiger partial charge < -0.3 is 5.32 Å². The summed E-state index contributed by atoms with van der Waals surface area (Å²) in [5, 5.41) is 3.16. The number of rotatable bonds is 4. The van der Waals surface area contributed by atoms with Gasteiger partial charge in [0.05, 0.1) is 11.1 Å². The van der Waals surface area contributed by atoms with Gasteiger partial charge in [-0.15, -0.1) is 0 Å². The Kier molecular flexibility index (Phi) is 8.74. The monoisotopic (exact) mass is 379 g/mol. The lowest BCUT2D eigenvalue weighted by Gasteiger charge is -2.43. The maximum atomic E-state index is 13.5. The smallest absolute Gasteiger partial charge is 0.268 e. The minimum atomic E-state index is -0.883. The molecule has 1 aliphatic rings. The van der Waals surface area contributed by atoms with Crippen molar-refractivity contribution in [1.82, 2.24) is 15.4 Å². The van der Waals surface area contributed by atoms with Gasteiger partial charge >= 0.3 is 0 Å². The normalized spacial score (nSPS) is 13.7. The first-order chi connectivity index (χ1) is 13.0. The number of nitrogens with two attached hydrogens (primary N) is 1. The number of hydrogen-bond acceptors (Lipinski definition) is 5. The van der Waals surface area contributed by atoms with Gasteiger partial charge in [-0.2, -0.15) is 0 Å². The molecule has 3 rings (SSSR count). The molecule has 0 saturated heterocycles. The number of aromatic nitrogens is 2. The summed E-state index contributed by atoms with van der Waals surface area (Å²) in [6.45, 7) is 8.00. The van der Waals surface area contributed by atoms with Crippen molar-refractivity contribution in [2.75, 3.05) is 5.32 Å². The summed E-state index contributed by atoms with van der Waals surface area (Å²) in [6, 6.07) is 3.86. The topological polar surface area (TPSA) is 92.9 Å². The molecule has 8 heteroatoms. The van der Waals surface area contributed by atoms with Crippen LogP contribution in [0.1, 0.15) is 62.9 Å². The Morgan fingerprint density at radius 3 is 2.11 bits per heavy atom. The second kappa shape index (κ2) is 10.5. The number of benzene rings is 1.